The van der Waals surface area contributed by atoms with E-state index in [1.807, 2.05) is 6.07 Å². The molecule has 0 radical (unpaired) electrons. The molecule has 0 saturated carbocycles. The Morgan fingerprint density at radius 1 is 1.10 bits per heavy atom. The molecular formula is C18H31ClN2. The molecule has 0 aliphatic rings. The average Bonchev–Trinajstić information content (AvgIpc) is 2.37. The van der Waals surface area contributed by atoms with Gasteiger partial charge in [0.1, 0.15) is 0 Å². The van der Waals surface area contributed by atoms with Crippen LogP contribution in [0.5, 0.6) is 0 Å². The van der Waals surface area contributed by atoms with Gasteiger partial charge in [0.25, 0.3) is 0 Å². The Hall–Kier alpha value is -0.730. The Balaban J connectivity index is 2.84. The van der Waals surface area contributed by atoms with Crippen LogP contribution in [0.1, 0.15) is 46.6 Å². The molecule has 120 valence electrons. The lowest BCUT2D eigenvalue weighted by Gasteiger charge is -2.30. The van der Waals surface area contributed by atoms with Crippen LogP contribution in [-0.2, 0) is 6.54 Å². The molecule has 1 atom stereocenters. The van der Waals surface area contributed by atoms with E-state index in [4.69, 9.17) is 11.6 Å². The fraction of sp³-hybridized carbons (Fsp3) is 0.667. The highest BCUT2D eigenvalue weighted by atomic mass is 35.5. The zero-order valence-corrected chi connectivity index (χ0v) is 15.2. The van der Waals surface area contributed by atoms with Gasteiger partial charge in [0.15, 0.2) is 0 Å². The van der Waals surface area contributed by atoms with Gasteiger partial charge in [-0.1, -0.05) is 39.3 Å². The first-order valence-electron chi connectivity index (χ1n) is 8.03. The first-order valence-corrected chi connectivity index (χ1v) is 8.41. The van der Waals surface area contributed by atoms with Crippen molar-refractivity contribution in [1.29, 1.82) is 0 Å². The summed E-state index contributed by atoms with van der Waals surface area (Å²) in [5.74, 6) is 1.36. The van der Waals surface area contributed by atoms with Gasteiger partial charge in [-0.15, -0.1) is 0 Å². The summed E-state index contributed by atoms with van der Waals surface area (Å²) in [6.45, 7) is 13.2. The molecule has 21 heavy (non-hydrogen) atoms. The summed E-state index contributed by atoms with van der Waals surface area (Å²) >= 11 is 6.18. The number of hydrogen-bond acceptors (Lipinski definition) is 2. The van der Waals surface area contributed by atoms with Gasteiger partial charge in [0.05, 0.1) is 0 Å². The molecule has 3 heteroatoms. The van der Waals surface area contributed by atoms with Crippen LogP contribution in [0.25, 0.3) is 0 Å². The maximum Gasteiger partial charge on any atom is 0.0412 e. The van der Waals surface area contributed by atoms with E-state index in [-0.39, 0.29) is 0 Å². The molecule has 0 fully saturated rings. The van der Waals surface area contributed by atoms with Crippen molar-refractivity contribution in [2.45, 2.75) is 53.6 Å². The van der Waals surface area contributed by atoms with E-state index in [1.165, 1.54) is 17.7 Å². The number of nitrogens with one attached hydrogen (secondary N) is 1. The van der Waals surface area contributed by atoms with Crippen molar-refractivity contribution in [3.05, 3.63) is 28.8 Å². The Morgan fingerprint density at radius 2 is 1.76 bits per heavy atom. The van der Waals surface area contributed by atoms with Crippen LogP contribution in [0.15, 0.2) is 18.2 Å². The molecule has 0 spiro atoms. The molecule has 2 nitrogen and oxygen atoms in total. The maximum atomic E-state index is 6.18. The van der Waals surface area contributed by atoms with Gasteiger partial charge >= 0.3 is 0 Å². The topological polar surface area (TPSA) is 15.3 Å². The summed E-state index contributed by atoms with van der Waals surface area (Å²) in [7, 11) is 2.18. The van der Waals surface area contributed by atoms with Crippen LogP contribution in [0.2, 0.25) is 5.02 Å². The molecule has 1 N–H and O–H groups in total. The lowest BCUT2D eigenvalue weighted by Crippen LogP contribution is -2.31. The number of halogens is 1. The molecule has 1 unspecified atom stereocenters. The number of anilines is 1. The SMILES string of the molecule is CC(C)CNCc1cc(Cl)ccc1N(C)C(C)CC(C)C. The maximum absolute atomic E-state index is 6.18. The summed E-state index contributed by atoms with van der Waals surface area (Å²) in [6, 6.07) is 6.74. The molecule has 1 aromatic rings. The Morgan fingerprint density at radius 3 is 2.33 bits per heavy atom. The number of rotatable bonds is 8. The van der Waals surface area contributed by atoms with E-state index in [0.29, 0.717) is 17.9 Å². The summed E-state index contributed by atoms with van der Waals surface area (Å²) in [5.41, 5.74) is 2.56. The first-order chi connectivity index (χ1) is 9.81. The quantitative estimate of drug-likeness (QED) is 0.730. The van der Waals surface area contributed by atoms with Crippen LogP contribution < -0.4 is 10.2 Å². The second-order valence-electron chi connectivity index (χ2n) is 6.89. The van der Waals surface area contributed by atoms with Crippen LogP contribution in [-0.4, -0.2) is 19.6 Å². The highest BCUT2D eigenvalue weighted by Crippen LogP contribution is 2.26. The number of hydrogen-bond donors (Lipinski definition) is 1. The molecule has 1 aromatic carbocycles. The van der Waals surface area contributed by atoms with E-state index in [9.17, 15) is 0 Å². The molecule has 1 rings (SSSR count). The third-order valence-electron chi connectivity index (χ3n) is 3.76. The summed E-state index contributed by atoms with van der Waals surface area (Å²) < 4.78 is 0. The zero-order chi connectivity index (χ0) is 16.0. The van der Waals surface area contributed by atoms with Crippen molar-refractivity contribution in [2.75, 3.05) is 18.5 Å². The van der Waals surface area contributed by atoms with Crippen molar-refractivity contribution in [2.24, 2.45) is 11.8 Å². The van der Waals surface area contributed by atoms with Crippen LogP contribution >= 0.6 is 11.6 Å². The number of nitrogens with zero attached hydrogens (tertiary/aromatic N) is 1. The first kappa shape index (κ1) is 18.3. The average molecular weight is 311 g/mol. The standard InChI is InChI=1S/C18H31ClN2/c1-13(2)9-15(5)21(6)18-8-7-17(19)10-16(18)12-20-11-14(3)4/h7-8,10,13-15,20H,9,11-12H2,1-6H3. The number of benzene rings is 1. The van der Waals surface area contributed by atoms with E-state index < -0.39 is 0 Å². The lowest BCUT2D eigenvalue weighted by atomic mass is 10.0. The second-order valence-corrected chi connectivity index (χ2v) is 7.32. The molecule has 0 saturated heterocycles. The van der Waals surface area contributed by atoms with Crippen LogP contribution in [0.3, 0.4) is 0 Å². The minimum Gasteiger partial charge on any atom is -0.372 e. The summed E-state index contributed by atoms with van der Waals surface area (Å²) in [5, 5.41) is 4.33. The van der Waals surface area contributed by atoms with Crippen molar-refractivity contribution in [3.63, 3.8) is 0 Å². The van der Waals surface area contributed by atoms with Gasteiger partial charge < -0.3 is 10.2 Å². The molecule has 0 bridgehead atoms. The predicted molar refractivity (Wildman–Crippen MR) is 95.3 cm³/mol. The Labute approximate surface area is 135 Å². The van der Waals surface area contributed by atoms with Gasteiger partial charge in [-0.3, -0.25) is 0 Å². The predicted octanol–water partition coefficient (Wildman–Crippen LogP) is 4.96. The molecule has 0 heterocycles. The van der Waals surface area contributed by atoms with Crippen LogP contribution in [0, 0.1) is 11.8 Å². The molecule has 0 amide bonds. The third-order valence-corrected chi connectivity index (χ3v) is 4.00. The fourth-order valence-electron chi connectivity index (χ4n) is 2.61. The Bertz CT molecular complexity index is 429. The largest absolute Gasteiger partial charge is 0.372 e. The minimum absolute atomic E-state index is 0.523. The molecular weight excluding hydrogens is 280 g/mol. The Kier molecular flexibility index (Phi) is 7.55. The normalized spacial score (nSPS) is 13.0. The van der Waals surface area contributed by atoms with Crippen molar-refractivity contribution in [3.8, 4) is 0 Å². The fourth-order valence-corrected chi connectivity index (χ4v) is 2.81. The zero-order valence-electron chi connectivity index (χ0n) is 14.4. The van der Waals surface area contributed by atoms with Crippen molar-refractivity contribution < 1.29 is 0 Å². The molecule has 0 aliphatic carbocycles. The van der Waals surface area contributed by atoms with E-state index in [0.717, 1.165) is 18.1 Å². The molecule has 0 aromatic heterocycles. The monoisotopic (exact) mass is 310 g/mol. The highest BCUT2D eigenvalue weighted by Gasteiger charge is 2.15. The van der Waals surface area contributed by atoms with E-state index >= 15 is 0 Å². The molecule has 0 aliphatic heterocycles. The van der Waals surface area contributed by atoms with Gasteiger partial charge in [-0.25, -0.2) is 0 Å². The summed E-state index contributed by atoms with van der Waals surface area (Å²) in [4.78, 5) is 2.38. The summed E-state index contributed by atoms with van der Waals surface area (Å²) in [6.07, 6.45) is 1.19. The van der Waals surface area contributed by atoms with E-state index in [1.54, 1.807) is 0 Å². The smallest absolute Gasteiger partial charge is 0.0412 e. The van der Waals surface area contributed by atoms with Gasteiger partial charge in [-0.2, -0.15) is 0 Å². The second kappa shape index (κ2) is 8.65. The third kappa shape index (κ3) is 6.27. The van der Waals surface area contributed by atoms with E-state index in [2.05, 4.69) is 64.0 Å². The lowest BCUT2D eigenvalue weighted by molar-refractivity contribution is 0.502. The van der Waals surface area contributed by atoms with Gasteiger partial charge in [-0.05, 0) is 55.5 Å². The van der Waals surface area contributed by atoms with Crippen molar-refractivity contribution >= 4 is 17.3 Å². The minimum atomic E-state index is 0.523. The highest BCUT2D eigenvalue weighted by molar-refractivity contribution is 6.30. The van der Waals surface area contributed by atoms with Gasteiger partial charge in [0, 0.05) is 30.3 Å². The van der Waals surface area contributed by atoms with Crippen LogP contribution in [0.4, 0.5) is 5.69 Å². The van der Waals surface area contributed by atoms with Crippen molar-refractivity contribution in [1.82, 2.24) is 5.32 Å². The van der Waals surface area contributed by atoms with Gasteiger partial charge in [0.2, 0.25) is 0 Å².